The van der Waals surface area contributed by atoms with E-state index in [2.05, 4.69) is 24.1 Å². The van der Waals surface area contributed by atoms with Gasteiger partial charge in [0, 0.05) is 31.6 Å². The van der Waals surface area contributed by atoms with E-state index < -0.39 is 6.10 Å². The Morgan fingerprint density at radius 1 is 1.29 bits per heavy atom. The molecule has 0 aromatic heterocycles. The minimum Gasteiger partial charge on any atom is -0.485 e. The fourth-order valence-corrected chi connectivity index (χ4v) is 4.90. The number of rotatable bonds is 1. The van der Waals surface area contributed by atoms with E-state index >= 15 is 0 Å². The summed E-state index contributed by atoms with van der Waals surface area (Å²) in [4.78, 5) is 16.6. The van der Waals surface area contributed by atoms with E-state index in [0.29, 0.717) is 44.2 Å². The molecule has 3 heterocycles. The van der Waals surface area contributed by atoms with Crippen LogP contribution in [0.1, 0.15) is 24.0 Å². The Kier molecular flexibility index (Phi) is 4.34. The molecule has 28 heavy (non-hydrogen) atoms. The highest BCUT2D eigenvalue weighted by molar-refractivity contribution is 5.73. The maximum Gasteiger partial charge on any atom is 0.415 e. The van der Waals surface area contributed by atoms with Crippen molar-refractivity contribution >= 4 is 6.09 Å². The second-order valence-electron chi connectivity index (χ2n) is 8.19. The summed E-state index contributed by atoms with van der Waals surface area (Å²) in [6, 6.07) is 3.89. The van der Waals surface area contributed by atoms with E-state index in [-0.39, 0.29) is 17.6 Å². The number of aliphatic hydroxyl groups excluding tert-OH is 1. The predicted molar refractivity (Wildman–Crippen MR) is 102 cm³/mol. The molecule has 0 unspecified atom stereocenters. The van der Waals surface area contributed by atoms with Crippen LogP contribution in [0.5, 0.6) is 11.5 Å². The lowest BCUT2D eigenvalue weighted by Crippen LogP contribution is -2.42. The molecule has 1 aromatic carbocycles. The van der Waals surface area contributed by atoms with Crippen molar-refractivity contribution in [3.05, 3.63) is 35.4 Å². The topological polar surface area (TPSA) is 71.5 Å². The van der Waals surface area contributed by atoms with Gasteiger partial charge in [-0.15, -0.1) is 0 Å². The number of aliphatic hydroxyl groups is 1. The van der Waals surface area contributed by atoms with Crippen molar-refractivity contribution in [1.82, 2.24) is 9.80 Å². The summed E-state index contributed by atoms with van der Waals surface area (Å²) >= 11 is 0. The van der Waals surface area contributed by atoms with Crippen molar-refractivity contribution in [1.29, 1.82) is 0 Å². The molecule has 1 amide bonds. The van der Waals surface area contributed by atoms with Crippen LogP contribution >= 0.6 is 0 Å². The molecule has 0 bridgehead atoms. The molecule has 1 N–H and O–H groups in total. The Hall–Kier alpha value is -2.09. The standard InChI is InChI=1S/C21H26N2O5/c1-22-7-6-21-5-4-15(24)12-17(21)28-19-16(3-2-14(13-22)18(19)21)27-20(25)23-8-10-26-11-9-23/h2-5,15,17,24H,6-13H2,1H3/t15-,17-,21-/m0/s1. The van der Waals surface area contributed by atoms with Crippen LogP contribution in [0.2, 0.25) is 0 Å². The quantitative estimate of drug-likeness (QED) is 0.741. The highest BCUT2D eigenvalue weighted by Gasteiger charge is 2.52. The molecule has 7 nitrogen and oxygen atoms in total. The zero-order chi connectivity index (χ0) is 19.3. The first kappa shape index (κ1) is 18.0. The molecule has 3 atom stereocenters. The number of benzene rings is 1. The summed E-state index contributed by atoms with van der Waals surface area (Å²) in [5.74, 6) is 1.13. The Balaban J connectivity index is 1.53. The summed E-state index contributed by atoms with van der Waals surface area (Å²) in [5.41, 5.74) is 2.05. The molecule has 3 aliphatic heterocycles. The second-order valence-corrected chi connectivity index (χ2v) is 8.19. The maximum absolute atomic E-state index is 12.6. The van der Waals surface area contributed by atoms with E-state index in [1.165, 1.54) is 5.56 Å². The van der Waals surface area contributed by atoms with Gasteiger partial charge in [0.15, 0.2) is 11.5 Å². The van der Waals surface area contributed by atoms with Gasteiger partial charge in [-0.1, -0.05) is 18.2 Å². The van der Waals surface area contributed by atoms with Crippen LogP contribution in [-0.2, 0) is 16.7 Å². The number of ether oxygens (including phenoxy) is 3. The summed E-state index contributed by atoms with van der Waals surface area (Å²) in [7, 11) is 2.12. The van der Waals surface area contributed by atoms with Crippen molar-refractivity contribution in [3.8, 4) is 11.5 Å². The van der Waals surface area contributed by atoms with Gasteiger partial charge in [-0.05, 0) is 31.6 Å². The van der Waals surface area contributed by atoms with Crippen LogP contribution in [0.25, 0.3) is 0 Å². The second kappa shape index (κ2) is 6.76. The highest BCUT2D eigenvalue weighted by Crippen LogP contribution is 2.55. The third kappa shape index (κ3) is 2.80. The van der Waals surface area contributed by atoms with Crippen molar-refractivity contribution in [2.45, 2.75) is 37.0 Å². The number of hydrogen-bond acceptors (Lipinski definition) is 6. The molecule has 1 aromatic rings. The van der Waals surface area contributed by atoms with Crippen molar-refractivity contribution < 1.29 is 24.1 Å². The Morgan fingerprint density at radius 3 is 2.93 bits per heavy atom. The number of hydrogen-bond donors (Lipinski definition) is 1. The molecule has 1 spiro atoms. The van der Waals surface area contributed by atoms with Crippen LogP contribution in [0.3, 0.4) is 0 Å². The third-order valence-corrected chi connectivity index (χ3v) is 6.39. The van der Waals surface area contributed by atoms with Crippen molar-refractivity contribution in [3.63, 3.8) is 0 Å². The average Bonchev–Trinajstić information content (AvgIpc) is 2.96. The number of amides is 1. The third-order valence-electron chi connectivity index (χ3n) is 6.39. The molecule has 1 saturated heterocycles. The predicted octanol–water partition coefficient (Wildman–Crippen LogP) is 1.67. The number of nitrogens with zero attached hydrogens (tertiary/aromatic N) is 2. The van der Waals surface area contributed by atoms with Gasteiger partial charge in [-0.2, -0.15) is 0 Å². The van der Waals surface area contributed by atoms with Crippen LogP contribution in [0, 0.1) is 0 Å². The number of carbonyl (C=O) groups excluding carboxylic acids is 1. The lowest BCUT2D eigenvalue weighted by atomic mass is 9.69. The van der Waals surface area contributed by atoms with Crippen molar-refractivity contribution in [2.24, 2.45) is 0 Å². The molecule has 0 radical (unpaired) electrons. The van der Waals surface area contributed by atoms with E-state index in [9.17, 15) is 9.90 Å². The smallest absolute Gasteiger partial charge is 0.415 e. The molecule has 7 heteroatoms. The molecular weight excluding hydrogens is 360 g/mol. The normalized spacial score (nSPS) is 31.6. The van der Waals surface area contributed by atoms with Gasteiger partial charge in [-0.25, -0.2) is 4.79 Å². The van der Waals surface area contributed by atoms with E-state index in [4.69, 9.17) is 14.2 Å². The van der Waals surface area contributed by atoms with Gasteiger partial charge in [-0.3, -0.25) is 0 Å². The minimum absolute atomic E-state index is 0.143. The van der Waals surface area contributed by atoms with Crippen LogP contribution in [0.4, 0.5) is 4.79 Å². The van der Waals surface area contributed by atoms with E-state index in [1.807, 2.05) is 12.1 Å². The van der Waals surface area contributed by atoms with Crippen LogP contribution in [-0.4, -0.2) is 73.1 Å². The summed E-state index contributed by atoms with van der Waals surface area (Å²) in [6.45, 7) is 3.90. The Bertz CT molecular complexity index is 819. The van der Waals surface area contributed by atoms with Gasteiger partial charge in [0.05, 0.1) is 24.7 Å². The monoisotopic (exact) mass is 386 g/mol. The zero-order valence-electron chi connectivity index (χ0n) is 16.1. The van der Waals surface area contributed by atoms with E-state index in [1.54, 1.807) is 4.90 Å². The molecule has 4 aliphatic rings. The number of morpholine rings is 1. The first-order chi connectivity index (χ1) is 13.6. The molecule has 150 valence electrons. The molecule has 1 fully saturated rings. The average molecular weight is 386 g/mol. The first-order valence-corrected chi connectivity index (χ1v) is 10.0. The van der Waals surface area contributed by atoms with Gasteiger partial charge >= 0.3 is 6.09 Å². The summed E-state index contributed by atoms with van der Waals surface area (Å²) in [5, 5.41) is 10.2. The largest absolute Gasteiger partial charge is 0.485 e. The lowest BCUT2D eigenvalue weighted by Gasteiger charge is -2.35. The van der Waals surface area contributed by atoms with Gasteiger partial charge in [0.25, 0.3) is 0 Å². The Labute approximate surface area is 164 Å². The maximum atomic E-state index is 12.6. The van der Waals surface area contributed by atoms with E-state index in [0.717, 1.165) is 25.1 Å². The summed E-state index contributed by atoms with van der Waals surface area (Å²) in [6.07, 6.45) is 4.45. The van der Waals surface area contributed by atoms with Crippen LogP contribution < -0.4 is 9.47 Å². The number of carbonyl (C=O) groups is 1. The minimum atomic E-state index is -0.506. The van der Waals surface area contributed by atoms with Gasteiger partial charge < -0.3 is 29.1 Å². The van der Waals surface area contributed by atoms with Gasteiger partial charge in [0.1, 0.15) is 6.10 Å². The molecule has 5 rings (SSSR count). The Morgan fingerprint density at radius 2 is 2.11 bits per heavy atom. The fourth-order valence-electron chi connectivity index (χ4n) is 4.90. The SMILES string of the molecule is CN1CC[C@@]23C=C[C@H](O)C[C@@H]2Oc2c(OC(=O)N4CCOCC4)ccc(c23)C1. The van der Waals surface area contributed by atoms with Crippen LogP contribution in [0.15, 0.2) is 24.3 Å². The summed E-state index contributed by atoms with van der Waals surface area (Å²) < 4.78 is 17.4. The lowest BCUT2D eigenvalue weighted by molar-refractivity contribution is 0.0408. The van der Waals surface area contributed by atoms with Gasteiger partial charge in [0.2, 0.25) is 0 Å². The molecular formula is C21H26N2O5. The fraction of sp³-hybridized carbons (Fsp3) is 0.571. The highest BCUT2D eigenvalue weighted by atomic mass is 16.6. The zero-order valence-corrected chi connectivity index (χ0v) is 16.1. The molecule has 0 saturated carbocycles. The van der Waals surface area contributed by atoms with Crippen molar-refractivity contribution in [2.75, 3.05) is 39.9 Å². The molecule has 1 aliphatic carbocycles. The first-order valence-electron chi connectivity index (χ1n) is 10.0.